The minimum Gasteiger partial charge on any atom is -0.490 e. The van der Waals surface area contributed by atoms with Gasteiger partial charge in [-0.05, 0) is 40.1 Å². The van der Waals surface area contributed by atoms with Crippen molar-refractivity contribution in [2.75, 3.05) is 26.0 Å². The maximum absolute atomic E-state index is 12.5. The maximum atomic E-state index is 12.5. The largest absolute Gasteiger partial charge is 0.490 e. The molecular weight excluding hydrogens is 292 g/mol. The van der Waals surface area contributed by atoms with Crippen LogP contribution in [0.4, 0.5) is 5.69 Å². The first kappa shape index (κ1) is 17.0. The molecule has 6 heteroatoms. The molecule has 0 unspecified atom stereocenters. The zero-order chi connectivity index (χ0) is 16.8. The Morgan fingerprint density at radius 3 is 2.78 bits per heavy atom. The van der Waals surface area contributed by atoms with Gasteiger partial charge in [0.15, 0.2) is 0 Å². The average molecular weight is 316 g/mol. The Hall–Kier alpha value is -2.34. The summed E-state index contributed by atoms with van der Waals surface area (Å²) in [7, 11) is 4.02. The summed E-state index contributed by atoms with van der Waals surface area (Å²) in [5, 5.41) is 7.11. The van der Waals surface area contributed by atoms with Crippen molar-refractivity contribution in [3.8, 4) is 5.75 Å². The van der Waals surface area contributed by atoms with Crippen LogP contribution < -0.4 is 10.1 Å². The summed E-state index contributed by atoms with van der Waals surface area (Å²) in [6.45, 7) is 5.53. The molecule has 1 aromatic heterocycles. The number of likely N-dealkylation sites (N-methyl/N-ethyl adjacent to an activating group) is 1. The lowest BCUT2D eigenvalue weighted by Gasteiger charge is -2.13. The number of carbonyl (C=O) groups is 1. The van der Waals surface area contributed by atoms with Crippen molar-refractivity contribution in [2.45, 2.75) is 26.5 Å². The van der Waals surface area contributed by atoms with E-state index in [-0.39, 0.29) is 12.0 Å². The Kier molecular flexibility index (Phi) is 5.76. The van der Waals surface area contributed by atoms with Crippen LogP contribution in [0, 0.1) is 0 Å². The topological polar surface area (TPSA) is 59.4 Å². The standard InChI is InChI=1S/C17H24N4O2/c1-13(2)23-16-8-6-5-7-15(16)17(22)19-14-11-18-21(12-14)10-9-20(3)4/h5-8,11-13H,9-10H2,1-4H3,(H,19,22). The molecule has 23 heavy (non-hydrogen) atoms. The predicted octanol–water partition coefficient (Wildman–Crippen LogP) is 2.48. The summed E-state index contributed by atoms with van der Waals surface area (Å²) < 4.78 is 7.50. The van der Waals surface area contributed by atoms with Gasteiger partial charge in [-0.25, -0.2) is 0 Å². The number of anilines is 1. The number of para-hydroxylation sites is 1. The minimum atomic E-state index is -0.201. The molecule has 1 aromatic carbocycles. The van der Waals surface area contributed by atoms with Crippen LogP contribution in [0.1, 0.15) is 24.2 Å². The molecule has 0 atom stereocenters. The van der Waals surface area contributed by atoms with Gasteiger partial charge in [0.1, 0.15) is 5.75 Å². The van der Waals surface area contributed by atoms with E-state index < -0.39 is 0 Å². The van der Waals surface area contributed by atoms with Crippen LogP contribution >= 0.6 is 0 Å². The van der Waals surface area contributed by atoms with Gasteiger partial charge in [0.2, 0.25) is 0 Å². The molecule has 0 bridgehead atoms. The third-order valence-corrected chi connectivity index (χ3v) is 3.16. The Morgan fingerprint density at radius 2 is 2.09 bits per heavy atom. The fourth-order valence-corrected chi connectivity index (χ4v) is 2.06. The number of carbonyl (C=O) groups excluding carboxylic acids is 1. The molecular formula is C17H24N4O2. The zero-order valence-corrected chi connectivity index (χ0v) is 14.1. The van der Waals surface area contributed by atoms with Crippen LogP contribution in [0.25, 0.3) is 0 Å². The molecule has 0 aliphatic heterocycles. The number of hydrogen-bond acceptors (Lipinski definition) is 4. The maximum Gasteiger partial charge on any atom is 0.259 e. The Labute approximate surface area is 137 Å². The van der Waals surface area contributed by atoms with Crippen LogP contribution in [0.15, 0.2) is 36.7 Å². The number of aromatic nitrogens is 2. The summed E-state index contributed by atoms with van der Waals surface area (Å²) in [5.41, 5.74) is 1.19. The normalized spacial score (nSPS) is 11.0. The number of hydrogen-bond donors (Lipinski definition) is 1. The molecule has 1 heterocycles. The van der Waals surface area contributed by atoms with Crippen molar-refractivity contribution < 1.29 is 9.53 Å². The molecule has 1 amide bonds. The Balaban J connectivity index is 2.05. The molecule has 0 saturated carbocycles. The molecule has 1 N–H and O–H groups in total. The van der Waals surface area contributed by atoms with Crippen LogP contribution in [-0.2, 0) is 6.54 Å². The number of amides is 1. The van der Waals surface area contributed by atoms with Crippen LogP contribution in [0.2, 0.25) is 0 Å². The second kappa shape index (κ2) is 7.78. The first-order valence-corrected chi connectivity index (χ1v) is 7.70. The molecule has 0 radical (unpaired) electrons. The molecule has 0 aliphatic carbocycles. The van der Waals surface area contributed by atoms with E-state index >= 15 is 0 Å². The van der Waals surface area contributed by atoms with Gasteiger partial charge < -0.3 is 15.0 Å². The SMILES string of the molecule is CC(C)Oc1ccccc1C(=O)Nc1cnn(CCN(C)C)c1. The van der Waals surface area contributed by atoms with E-state index in [0.717, 1.165) is 13.1 Å². The van der Waals surface area contributed by atoms with Crippen molar-refractivity contribution in [1.29, 1.82) is 0 Å². The second-order valence-electron chi connectivity index (χ2n) is 5.91. The molecule has 2 aromatic rings. The minimum absolute atomic E-state index is 0.0118. The predicted molar refractivity (Wildman–Crippen MR) is 90.9 cm³/mol. The zero-order valence-electron chi connectivity index (χ0n) is 14.1. The van der Waals surface area contributed by atoms with Gasteiger partial charge in [-0.2, -0.15) is 5.10 Å². The highest BCUT2D eigenvalue weighted by molar-refractivity contribution is 6.06. The lowest BCUT2D eigenvalue weighted by atomic mass is 10.2. The van der Waals surface area contributed by atoms with E-state index in [9.17, 15) is 4.79 Å². The third kappa shape index (κ3) is 5.10. The van der Waals surface area contributed by atoms with E-state index in [2.05, 4.69) is 15.3 Å². The summed E-state index contributed by atoms with van der Waals surface area (Å²) in [5.74, 6) is 0.383. The lowest BCUT2D eigenvalue weighted by Crippen LogP contribution is -2.18. The van der Waals surface area contributed by atoms with E-state index in [1.165, 1.54) is 0 Å². The number of nitrogens with one attached hydrogen (secondary N) is 1. The molecule has 0 aliphatic rings. The quantitative estimate of drug-likeness (QED) is 0.852. The highest BCUT2D eigenvalue weighted by Gasteiger charge is 2.14. The van der Waals surface area contributed by atoms with Crippen LogP contribution in [0.5, 0.6) is 5.75 Å². The number of ether oxygens (including phenoxy) is 1. The monoisotopic (exact) mass is 316 g/mol. The van der Waals surface area contributed by atoms with E-state index in [1.807, 2.05) is 51.0 Å². The van der Waals surface area contributed by atoms with Crippen molar-refractivity contribution >= 4 is 11.6 Å². The fourth-order valence-electron chi connectivity index (χ4n) is 2.06. The second-order valence-corrected chi connectivity index (χ2v) is 5.91. The number of nitrogens with zero attached hydrogens (tertiary/aromatic N) is 3. The van der Waals surface area contributed by atoms with E-state index in [0.29, 0.717) is 17.0 Å². The van der Waals surface area contributed by atoms with E-state index in [4.69, 9.17) is 4.74 Å². The Morgan fingerprint density at radius 1 is 1.35 bits per heavy atom. The highest BCUT2D eigenvalue weighted by Crippen LogP contribution is 2.20. The molecule has 2 rings (SSSR count). The third-order valence-electron chi connectivity index (χ3n) is 3.16. The molecule has 0 spiro atoms. The van der Waals surface area contributed by atoms with Crippen molar-refractivity contribution in [1.82, 2.24) is 14.7 Å². The van der Waals surface area contributed by atoms with E-state index in [1.54, 1.807) is 18.3 Å². The number of rotatable bonds is 7. The smallest absolute Gasteiger partial charge is 0.259 e. The summed E-state index contributed by atoms with van der Waals surface area (Å²) >= 11 is 0. The summed E-state index contributed by atoms with van der Waals surface area (Å²) in [6, 6.07) is 7.23. The van der Waals surface area contributed by atoms with Gasteiger partial charge >= 0.3 is 0 Å². The van der Waals surface area contributed by atoms with Gasteiger partial charge in [-0.1, -0.05) is 12.1 Å². The van der Waals surface area contributed by atoms with Gasteiger partial charge in [-0.15, -0.1) is 0 Å². The van der Waals surface area contributed by atoms with Crippen molar-refractivity contribution in [3.05, 3.63) is 42.2 Å². The van der Waals surface area contributed by atoms with Crippen molar-refractivity contribution in [3.63, 3.8) is 0 Å². The summed E-state index contributed by atoms with van der Waals surface area (Å²) in [6.07, 6.45) is 3.49. The van der Waals surface area contributed by atoms with Gasteiger partial charge in [-0.3, -0.25) is 9.48 Å². The molecule has 124 valence electrons. The first-order valence-electron chi connectivity index (χ1n) is 7.70. The van der Waals surface area contributed by atoms with Crippen molar-refractivity contribution in [2.24, 2.45) is 0 Å². The Bertz CT molecular complexity index is 650. The highest BCUT2D eigenvalue weighted by atomic mass is 16.5. The first-order chi connectivity index (χ1) is 11.0. The van der Waals surface area contributed by atoms with Gasteiger partial charge in [0.05, 0.1) is 30.1 Å². The molecule has 0 saturated heterocycles. The molecule has 6 nitrogen and oxygen atoms in total. The van der Waals surface area contributed by atoms with Crippen LogP contribution in [0.3, 0.4) is 0 Å². The van der Waals surface area contributed by atoms with Gasteiger partial charge in [0.25, 0.3) is 5.91 Å². The molecule has 0 fully saturated rings. The van der Waals surface area contributed by atoms with Crippen LogP contribution in [-0.4, -0.2) is 47.3 Å². The number of benzene rings is 1. The lowest BCUT2D eigenvalue weighted by molar-refractivity contribution is 0.102. The van der Waals surface area contributed by atoms with Gasteiger partial charge in [0, 0.05) is 12.7 Å². The average Bonchev–Trinajstić information content (AvgIpc) is 2.92. The fraction of sp³-hybridized carbons (Fsp3) is 0.412. The summed E-state index contributed by atoms with van der Waals surface area (Å²) in [4.78, 5) is 14.5.